The molecule has 4 nitrogen and oxygen atoms in total. The molecule has 0 aliphatic rings. The summed E-state index contributed by atoms with van der Waals surface area (Å²) in [6.07, 6.45) is 0. The lowest BCUT2D eigenvalue weighted by Crippen LogP contribution is -2.17. The van der Waals surface area contributed by atoms with Crippen molar-refractivity contribution in [1.29, 1.82) is 0 Å². The largest absolute Gasteiger partial charge is 0.366 e. The fraction of sp³-hybridized carbons (Fsp3) is 0. The van der Waals surface area contributed by atoms with E-state index < -0.39 is 11.8 Å². The molecule has 0 radical (unpaired) electrons. The maximum absolute atomic E-state index is 12.6. The van der Waals surface area contributed by atoms with Crippen molar-refractivity contribution in [2.75, 3.05) is 5.32 Å². The molecule has 8 heteroatoms. The zero-order valence-electron chi connectivity index (χ0n) is 11.9. The van der Waals surface area contributed by atoms with Gasteiger partial charge in [-0.1, -0.05) is 46.9 Å². The van der Waals surface area contributed by atoms with E-state index in [9.17, 15) is 9.59 Å². The SMILES string of the molecule is NC(=O)c1ccccc1NC(=O)c1sc2cc(Cl)cc(Cl)c2c1Cl. The summed E-state index contributed by atoms with van der Waals surface area (Å²) in [5.41, 5.74) is 5.84. The third-order valence-corrected chi connectivity index (χ3v) is 5.44. The number of para-hydroxylation sites is 1. The molecule has 0 fully saturated rings. The van der Waals surface area contributed by atoms with Gasteiger partial charge in [0.1, 0.15) is 4.88 Å². The predicted molar refractivity (Wildman–Crippen MR) is 99.8 cm³/mol. The highest BCUT2D eigenvalue weighted by Gasteiger charge is 2.21. The number of hydrogen-bond donors (Lipinski definition) is 2. The predicted octanol–water partition coefficient (Wildman–Crippen LogP) is 5.21. The number of anilines is 1. The Labute approximate surface area is 156 Å². The molecular weight excluding hydrogens is 391 g/mol. The van der Waals surface area contributed by atoms with Gasteiger partial charge in [0.25, 0.3) is 11.8 Å². The van der Waals surface area contributed by atoms with E-state index in [4.69, 9.17) is 40.5 Å². The Morgan fingerprint density at radius 2 is 1.79 bits per heavy atom. The van der Waals surface area contributed by atoms with Crippen LogP contribution in [0, 0.1) is 0 Å². The highest BCUT2D eigenvalue weighted by molar-refractivity contribution is 7.21. The molecule has 3 N–H and O–H groups in total. The van der Waals surface area contributed by atoms with Crippen LogP contribution in [0.2, 0.25) is 15.1 Å². The van der Waals surface area contributed by atoms with E-state index >= 15 is 0 Å². The van der Waals surface area contributed by atoms with Crippen molar-refractivity contribution in [2.45, 2.75) is 0 Å². The van der Waals surface area contributed by atoms with Gasteiger partial charge in [-0.15, -0.1) is 11.3 Å². The average Bonchev–Trinajstić information content (AvgIpc) is 2.84. The Bertz CT molecular complexity index is 985. The quantitative estimate of drug-likeness (QED) is 0.634. The molecule has 122 valence electrons. The third-order valence-electron chi connectivity index (χ3n) is 3.30. The first kappa shape index (κ1) is 17.0. The molecule has 0 bridgehead atoms. The Kier molecular flexibility index (Phi) is 4.69. The lowest BCUT2D eigenvalue weighted by molar-refractivity contribution is 0.100. The van der Waals surface area contributed by atoms with Crippen LogP contribution < -0.4 is 11.1 Å². The molecule has 0 aliphatic carbocycles. The van der Waals surface area contributed by atoms with Gasteiger partial charge in [0.2, 0.25) is 0 Å². The van der Waals surface area contributed by atoms with Gasteiger partial charge in [-0.2, -0.15) is 0 Å². The molecule has 0 saturated heterocycles. The second-order valence-electron chi connectivity index (χ2n) is 4.87. The van der Waals surface area contributed by atoms with Crippen molar-refractivity contribution in [3.05, 3.63) is 61.9 Å². The van der Waals surface area contributed by atoms with E-state index in [1.807, 2.05) is 0 Å². The number of carbonyl (C=O) groups is 2. The smallest absolute Gasteiger partial charge is 0.267 e. The third kappa shape index (κ3) is 3.08. The number of nitrogens with one attached hydrogen (secondary N) is 1. The van der Waals surface area contributed by atoms with Crippen molar-refractivity contribution < 1.29 is 9.59 Å². The van der Waals surface area contributed by atoms with Crippen molar-refractivity contribution in [3.8, 4) is 0 Å². The van der Waals surface area contributed by atoms with Crippen LogP contribution >= 0.6 is 46.1 Å². The van der Waals surface area contributed by atoms with E-state index in [2.05, 4.69) is 5.32 Å². The Hall–Kier alpha value is -1.79. The minimum atomic E-state index is -0.636. The first-order valence-corrected chi connectivity index (χ1v) is 8.60. The molecular formula is C16H9Cl3N2O2S. The number of carbonyl (C=O) groups excluding carboxylic acids is 2. The van der Waals surface area contributed by atoms with Gasteiger partial charge in [-0.25, -0.2) is 0 Å². The van der Waals surface area contributed by atoms with Gasteiger partial charge < -0.3 is 11.1 Å². The van der Waals surface area contributed by atoms with Crippen molar-refractivity contribution >= 4 is 73.7 Å². The molecule has 0 unspecified atom stereocenters. The standard InChI is InChI=1S/C16H9Cl3N2O2S/c17-7-5-9(18)12-11(6-7)24-14(13(12)19)16(23)21-10-4-2-1-3-8(10)15(20)22/h1-6H,(H2,20,22)(H,21,23). The number of amides is 2. The van der Waals surface area contributed by atoms with E-state index in [-0.39, 0.29) is 15.5 Å². The maximum atomic E-state index is 12.6. The van der Waals surface area contributed by atoms with E-state index in [1.165, 1.54) is 6.07 Å². The van der Waals surface area contributed by atoms with Gasteiger partial charge in [0.05, 0.1) is 21.3 Å². The average molecular weight is 400 g/mol. The summed E-state index contributed by atoms with van der Waals surface area (Å²) in [6, 6.07) is 9.71. The zero-order valence-corrected chi connectivity index (χ0v) is 15.0. The van der Waals surface area contributed by atoms with Crippen LogP contribution in [-0.2, 0) is 0 Å². The second-order valence-corrected chi connectivity index (χ2v) is 7.14. The molecule has 1 aromatic heterocycles. The summed E-state index contributed by atoms with van der Waals surface area (Å²) in [7, 11) is 0. The number of primary amides is 1. The van der Waals surface area contributed by atoms with Crippen molar-refractivity contribution in [3.63, 3.8) is 0 Å². The molecule has 2 amide bonds. The molecule has 3 aromatic rings. The van der Waals surface area contributed by atoms with Crippen molar-refractivity contribution in [2.24, 2.45) is 5.73 Å². The first-order chi connectivity index (χ1) is 11.4. The van der Waals surface area contributed by atoms with Gasteiger partial charge in [0, 0.05) is 15.1 Å². The Balaban J connectivity index is 2.03. The minimum Gasteiger partial charge on any atom is -0.366 e. The van der Waals surface area contributed by atoms with Gasteiger partial charge in [-0.05, 0) is 24.3 Å². The molecule has 2 aromatic carbocycles. The summed E-state index contributed by atoms with van der Waals surface area (Å²) >= 11 is 19.6. The second kappa shape index (κ2) is 6.61. The summed E-state index contributed by atoms with van der Waals surface area (Å²) in [5, 5.41) is 4.29. The van der Waals surface area contributed by atoms with Gasteiger partial charge in [0.15, 0.2) is 0 Å². The molecule has 0 spiro atoms. The number of hydrogen-bond acceptors (Lipinski definition) is 3. The lowest BCUT2D eigenvalue weighted by atomic mass is 10.1. The minimum absolute atomic E-state index is 0.212. The van der Waals surface area contributed by atoms with Crippen LogP contribution in [0.5, 0.6) is 0 Å². The monoisotopic (exact) mass is 398 g/mol. The van der Waals surface area contributed by atoms with Crippen LogP contribution in [0.4, 0.5) is 5.69 Å². The van der Waals surface area contributed by atoms with E-state index in [0.717, 1.165) is 11.3 Å². The maximum Gasteiger partial charge on any atom is 0.267 e. The first-order valence-electron chi connectivity index (χ1n) is 6.65. The molecule has 24 heavy (non-hydrogen) atoms. The number of rotatable bonds is 3. The van der Waals surface area contributed by atoms with Crippen LogP contribution in [0.15, 0.2) is 36.4 Å². The zero-order chi connectivity index (χ0) is 17.4. The fourth-order valence-corrected chi connectivity index (χ4v) is 4.52. The van der Waals surface area contributed by atoms with Crippen LogP contribution in [-0.4, -0.2) is 11.8 Å². The number of benzene rings is 2. The van der Waals surface area contributed by atoms with Crippen molar-refractivity contribution in [1.82, 2.24) is 0 Å². The summed E-state index contributed by atoms with van der Waals surface area (Å²) in [6.45, 7) is 0. The van der Waals surface area contributed by atoms with Crippen LogP contribution in [0.3, 0.4) is 0 Å². The summed E-state index contributed by atoms with van der Waals surface area (Å²) in [4.78, 5) is 24.3. The molecule has 0 aliphatic heterocycles. The number of thiophene rings is 1. The van der Waals surface area contributed by atoms with Crippen LogP contribution in [0.1, 0.15) is 20.0 Å². The van der Waals surface area contributed by atoms with Crippen LogP contribution in [0.25, 0.3) is 10.1 Å². The fourth-order valence-electron chi connectivity index (χ4n) is 2.24. The molecule has 0 saturated carbocycles. The van der Waals surface area contributed by atoms with Gasteiger partial charge in [-0.3, -0.25) is 9.59 Å². The summed E-state index contributed by atoms with van der Waals surface area (Å²) < 4.78 is 0.700. The Morgan fingerprint density at radius 3 is 2.50 bits per heavy atom. The molecule has 0 atom stereocenters. The molecule has 3 rings (SSSR count). The lowest BCUT2D eigenvalue weighted by Gasteiger charge is -2.07. The number of fused-ring (bicyclic) bond motifs is 1. The number of nitrogens with two attached hydrogens (primary N) is 1. The van der Waals surface area contributed by atoms with E-state index in [0.29, 0.717) is 25.8 Å². The normalized spacial score (nSPS) is 10.8. The number of halogens is 3. The highest BCUT2D eigenvalue weighted by atomic mass is 35.5. The van der Waals surface area contributed by atoms with Gasteiger partial charge >= 0.3 is 0 Å². The summed E-state index contributed by atoms with van der Waals surface area (Å²) in [5.74, 6) is -1.09. The Morgan fingerprint density at radius 1 is 1.08 bits per heavy atom. The molecule has 1 heterocycles. The van der Waals surface area contributed by atoms with E-state index in [1.54, 1.807) is 30.3 Å². The topological polar surface area (TPSA) is 72.2 Å². The highest BCUT2D eigenvalue weighted by Crippen LogP contribution is 2.41.